The Bertz CT molecular complexity index is 1730. The lowest BCUT2D eigenvalue weighted by Gasteiger charge is -2.41. The first-order valence-electron chi connectivity index (χ1n) is 15.8. The standard InChI is InChI=1S/C35H43N5O4S/c1-22-11-9-10-14-35(6)15-17-39(18-16-35)32-29(30(33(41)42)44-34(3,4)5)23(2)37-28-20-26(38-40(28)32)31-36-21-25(45-31)19-24-12-7-8-13-27(24)43-22/h7-10,12-13,20-22,30H,11,14-19H2,1-6H3,(H,41,42)/b10-9+/t22-,30+/m1/s1. The summed E-state index contributed by atoms with van der Waals surface area (Å²) in [5.41, 5.74) is 3.12. The molecule has 2 atom stereocenters. The summed E-state index contributed by atoms with van der Waals surface area (Å²) in [6.07, 6.45) is 9.75. The number of nitrogens with zero attached hydrogens (tertiary/aromatic N) is 5. The van der Waals surface area contributed by atoms with Crippen molar-refractivity contribution < 1.29 is 19.4 Å². The van der Waals surface area contributed by atoms with Crippen molar-refractivity contribution in [1.29, 1.82) is 0 Å². The fraction of sp³-hybridized carbons (Fsp3) is 0.486. The van der Waals surface area contributed by atoms with Crippen molar-refractivity contribution in [3.8, 4) is 16.5 Å². The van der Waals surface area contributed by atoms with E-state index in [1.54, 1.807) is 11.3 Å². The number of carbonyl (C=O) groups is 1. The molecule has 0 radical (unpaired) electrons. The van der Waals surface area contributed by atoms with Crippen molar-refractivity contribution in [2.24, 2.45) is 5.41 Å². The molecule has 6 heterocycles. The second kappa shape index (κ2) is 12.2. The highest BCUT2D eigenvalue weighted by molar-refractivity contribution is 7.15. The van der Waals surface area contributed by atoms with E-state index in [2.05, 4.69) is 37.0 Å². The number of anilines is 1. The molecule has 1 saturated heterocycles. The third-order valence-electron chi connectivity index (χ3n) is 8.72. The van der Waals surface area contributed by atoms with Gasteiger partial charge in [-0.2, -0.15) is 9.61 Å². The van der Waals surface area contributed by atoms with Crippen LogP contribution in [0.3, 0.4) is 0 Å². The monoisotopic (exact) mass is 629 g/mol. The average molecular weight is 630 g/mol. The molecule has 0 unspecified atom stereocenters. The zero-order valence-corrected chi connectivity index (χ0v) is 27.9. The van der Waals surface area contributed by atoms with Gasteiger partial charge in [0.05, 0.1) is 17.3 Å². The predicted octanol–water partition coefficient (Wildman–Crippen LogP) is 7.42. The smallest absolute Gasteiger partial charge is 0.337 e. The molecule has 1 fully saturated rings. The number of hydrogen-bond acceptors (Lipinski definition) is 8. The minimum absolute atomic E-state index is 0.0514. The Labute approximate surface area is 268 Å². The number of aromatic nitrogens is 4. The molecule has 3 aromatic heterocycles. The molecule has 238 valence electrons. The van der Waals surface area contributed by atoms with Gasteiger partial charge in [0.25, 0.3) is 0 Å². The Morgan fingerprint density at radius 1 is 1.20 bits per heavy atom. The van der Waals surface area contributed by atoms with Crippen LogP contribution >= 0.6 is 11.3 Å². The van der Waals surface area contributed by atoms with Gasteiger partial charge in [0.2, 0.25) is 0 Å². The van der Waals surface area contributed by atoms with Crippen LogP contribution in [0.15, 0.2) is 48.7 Å². The van der Waals surface area contributed by atoms with Gasteiger partial charge in [-0.25, -0.2) is 14.8 Å². The molecule has 1 aromatic carbocycles. The van der Waals surface area contributed by atoms with E-state index in [4.69, 9.17) is 24.5 Å². The van der Waals surface area contributed by atoms with Gasteiger partial charge in [-0.3, -0.25) is 0 Å². The molecular formula is C35H43N5O4S. The van der Waals surface area contributed by atoms with E-state index in [0.717, 1.165) is 65.8 Å². The summed E-state index contributed by atoms with van der Waals surface area (Å²) >= 11 is 1.60. The lowest BCUT2D eigenvalue weighted by Crippen LogP contribution is -2.41. The number of benzene rings is 1. The zero-order valence-electron chi connectivity index (χ0n) is 27.0. The first-order chi connectivity index (χ1) is 21.4. The molecule has 10 heteroatoms. The first kappa shape index (κ1) is 31.2. The van der Waals surface area contributed by atoms with Gasteiger partial charge in [0.1, 0.15) is 22.3 Å². The molecule has 3 aliphatic rings. The largest absolute Gasteiger partial charge is 0.490 e. The number of thiazole rings is 1. The summed E-state index contributed by atoms with van der Waals surface area (Å²) in [7, 11) is 0. The van der Waals surface area contributed by atoms with Gasteiger partial charge in [-0.15, -0.1) is 11.3 Å². The van der Waals surface area contributed by atoms with Gasteiger partial charge >= 0.3 is 5.97 Å². The number of hydrogen-bond donors (Lipinski definition) is 1. The van der Waals surface area contributed by atoms with Crippen LogP contribution in [0.5, 0.6) is 5.75 Å². The van der Waals surface area contributed by atoms with Crippen LogP contribution in [0.1, 0.15) is 88.1 Å². The Balaban J connectivity index is 1.49. The van der Waals surface area contributed by atoms with Gasteiger partial charge < -0.3 is 19.5 Å². The van der Waals surface area contributed by atoms with E-state index < -0.39 is 17.7 Å². The first-order valence-corrected chi connectivity index (χ1v) is 16.6. The quantitative estimate of drug-likeness (QED) is 0.234. The van der Waals surface area contributed by atoms with E-state index in [-0.39, 0.29) is 11.5 Å². The molecule has 7 rings (SSSR count). The van der Waals surface area contributed by atoms with E-state index in [1.807, 2.05) is 62.7 Å². The molecule has 3 aliphatic heterocycles. The molecule has 0 amide bonds. The summed E-state index contributed by atoms with van der Waals surface area (Å²) in [5.74, 6) is 0.598. The van der Waals surface area contributed by atoms with Crippen molar-refractivity contribution in [1.82, 2.24) is 19.6 Å². The summed E-state index contributed by atoms with van der Waals surface area (Å²) in [6, 6.07) is 10.2. The van der Waals surface area contributed by atoms with Crippen molar-refractivity contribution >= 4 is 28.8 Å². The Morgan fingerprint density at radius 3 is 2.69 bits per heavy atom. The van der Waals surface area contributed by atoms with E-state index in [1.165, 1.54) is 0 Å². The van der Waals surface area contributed by atoms with E-state index >= 15 is 0 Å². The Morgan fingerprint density at radius 2 is 1.96 bits per heavy atom. The molecular weight excluding hydrogens is 586 g/mol. The minimum Gasteiger partial charge on any atom is -0.490 e. The third-order valence-corrected chi connectivity index (χ3v) is 9.74. The minimum atomic E-state index is -1.19. The van der Waals surface area contributed by atoms with Gasteiger partial charge in [0.15, 0.2) is 11.8 Å². The summed E-state index contributed by atoms with van der Waals surface area (Å²) in [6.45, 7) is 13.5. The van der Waals surface area contributed by atoms with Crippen molar-refractivity contribution in [3.63, 3.8) is 0 Å². The molecule has 45 heavy (non-hydrogen) atoms. The van der Waals surface area contributed by atoms with Gasteiger partial charge in [0, 0.05) is 48.8 Å². The highest BCUT2D eigenvalue weighted by atomic mass is 32.1. The molecule has 1 N–H and O–H groups in total. The van der Waals surface area contributed by atoms with Crippen LogP contribution in [0, 0.1) is 12.3 Å². The van der Waals surface area contributed by atoms with Crippen LogP contribution in [-0.4, -0.2) is 55.5 Å². The molecule has 4 aromatic rings. The van der Waals surface area contributed by atoms with E-state index in [9.17, 15) is 9.90 Å². The van der Waals surface area contributed by atoms with Crippen LogP contribution in [-0.2, 0) is 16.0 Å². The topological polar surface area (TPSA) is 102 Å². The van der Waals surface area contributed by atoms with Crippen molar-refractivity contribution in [2.75, 3.05) is 18.0 Å². The highest BCUT2D eigenvalue weighted by Crippen LogP contribution is 2.41. The number of aliphatic carboxylic acids is 1. The van der Waals surface area contributed by atoms with Gasteiger partial charge in [-0.05, 0) is 70.9 Å². The number of carboxylic acids is 1. The highest BCUT2D eigenvalue weighted by Gasteiger charge is 2.37. The number of allylic oxidation sites excluding steroid dienone is 1. The molecule has 6 bridgehead atoms. The maximum Gasteiger partial charge on any atom is 0.337 e. The number of para-hydroxylation sites is 1. The molecule has 0 aliphatic carbocycles. The maximum atomic E-state index is 12.8. The Hall–Kier alpha value is -3.76. The summed E-state index contributed by atoms with van der Waals surface area (Å²) in [5, 5.41) is 16.3. The number of carboxylic acid groups (broad SMARTS) is 1. The summed E-state index contributed by atoms with van der Waals surface area (Å²) in [4.78, 5) is 25.8. The third kappa shape index (κ3) is 6.77. The normalized spacial score (nSPS) is 22.2. The van der Waals surface area contributed by atoms with Crippen molar-refractivity contribution in [2.45, 2.75) is 91.5 Å². The lowest BCUT2D eigenvalue weighted by molar-refractivity contribution is -0.160. The fourth-order valence-electron chi connectivity index (χ4n) is 6.26. The molecule has 0 saturated carbocycles. The maximum absolute atomic E-state index is 12.8. The lowest BCUT2D eigenvalue weighted by atomic mass is 9.77. The molecule has 0 spiro atoms. The van der Waals surface area contributed by atoms with Crippen LogP contribution < -0.4 is 9.64 Å². The van der Waals surface area contributed by atoms with Crippen LogP contribution in [0.2, 0.25) is 0 Å². The zero-order chi connectivity index (χ0) is 31.9. The van der Waals surface area contributed by atoms with Crippen molar-refractivity contribution in [3.05, 3.63) is 70.4 Å². The number of piperidine rings is 1. The van der Waals surface area contributed by atoms with Gasteiger partial charge in [-0.1, -0.05) is 37.3 Å². The number of rotatable bonds is 3. The van der Waals surface area contributed by atoms with Crippen LogP contribution in [0.4, 0.5) is 5.82 Å². The number of ether oxygens (including phenoxy) is 2. The number of fused-ring (bicyclic) bond motifs is 6. The van der Waals surface area contributed by atoms with E-state index in [0.29, 0.717) is 29.0 Å². The fourth-order valence-corrected chi connectivity index (χ4v) is 7.15. The SMILES string of the molecule is Cc1nc2cc3nn2c(c1[C@H](OC(C)(C)C)C(=O)O)N1CCC(C)(C/C=C/C[C@@H](C)Oc2ccccc2Cc2cnc-3s2)CC1. The number of aryl methyl sites for hydroxylation is 1. The summed E-state index contributed by atoms with van der Waals surface area (Å²) < 4.78 is 14.4. The Kier molecular flexibility index (Phi) is 8.47. The second-order valence-corrected chi connectivity index (χ2v) is 14.9. The molecule has 9 nitrogen and oxygen atoms in total. The second-order valence-electron chi connectivity index (χ2n) is 13.7. The predicted molar refractivity (Wildman–Crippen MR) is 177 cm³/mol. The van der Waals surface area contributed by atoms with Crippen LogP contribution in [0.25, 0.3) is 16.3 Å². The average Bonchev–Trinajstić information content (AvgIpc) is 3.61.